The van der Waals surface area contributed by atoms with E-state index in [9.17, 15) is 13.6 Å². The predicted octanol–water partition coefficient (Wildman–Crippen LogP) is -0.636. The van der Waals surface area contributed by atoms with E-state index in [0.29, 0.717) is 0 Å². The average molecular weight is 276 g/mol. The molecule has 1 saturated heterocycles. The lowest BCUT2D eigenvalue weighted by molar-refractivity contribution is -0.0531. The van der Waals surface area contributed by atoms with Gasteiger partial charge in [0.2, 0.25) is 0 Å². The third kappa shape index (κ3) is 2.04. The highest BCUT2D eigenvalue weighted by Crippen LogP contribution is 2.41. The fourth-order valence-corrected chi connectivity index (χ4v) is 1.93. The van der Waals surface area contributed by atoms with E-state index in [1.54, 1.807) is 0 Å². The fourth-order valence-electron chi connectivity index (χ4n) is 1.93. The molecule has 1 aliphatic heterocycles. The summed E-state index contributed by atoms with van der Waals surface area (Å²) in [7, 11) is 0. The van der Waals surface area contributed by atoms with Gasteiger partial charge in [-0.15, -0.1) is 0 Å². The standard InChI is InChI=1S/C10H14F2N4O3/c1-10(12)5(3-17)19-8(6(10)11)16-2-4(13)7(14)15-9(16)18/h2,5-6,8,17H,3,13H2,1H3,(H2,14,15,18). The summed E-state index contributed by atoms with van der Waals surface area (Å²) in [5.74, 6) is -0.198. The Balaban J connectivity index is 2.44. The molecule has 0 spiro atoms. The molecule has 0 radical (unpaired) electrons. The molecule has 5 N–H and O–H groups in total. The molecule has 19 heavy (non-hydrogen) atoms. The summed E-state index contributed by atoms with van der Waals surface area (Å²) in [6.45, 7) is 0.244. The molecule has 2 rings (SSSR count). The second-order valence-electron chi connectivity index (χ2n) is 4.52. The first-order chi connectivity index (χ1) is 8.78. The zero-order valence-electron chi connectivity index (χ0n) is 10.1. The maximum atomic E-state index is 14.1. The summed E-state index contributed by atoms with van der Waals surface area (Å²) in [5, 5.41) is 8.97. The number of rotatable bonds is 2. The van der Waals surface area contributed by atoms with Crippen LogP contribution in [0.4, 0.5) is 20.3 Å². The van der Waals surface area contributed by atoms with Crippen LogP contribution in [0.5, 0.6) is 0 Å². The number of aliphatic hydroxyl groups excluding tert-OH is 1. The number of hydrogen-bond acceptors (Lipinski definition) is 6. The highest BCUT2D eigenvalue weighted by Gasteiger charge is 2.56. The molecule has 0 bridgehead atoms. The van der Waals surface area contributed by atoms with E-state index >= 15 is 0 Å². The number of aliphatic hydroxyl groups is 1. The van der Waals surface area contributed by atoms with Crippen LogP contribution in [0.25, 0.3) is 0 Å². The number of ether oxygens (including phenoxy) is 1. The van der Waals surface area contributed by atoms with Gasteiger partial charge in [-0.3, -0.25) is 4.57 Å². The molecule has 9 heteroatoms. The van der Waals surface area contributed by atoms with Crippen molar-refractivity contribution >= 4 is 11.5 Å². The summed E-state index contributed by atoms with van der Waals surface area (Å²) in [6.07, 6.45) is -4.03. The Bertz CT molecular complexity index is 548. The number of alkyl halides is 2. The second-order valence-corrected chi connectivity index (χ2v) is 4.52. The van der Waals surface area contributed by atoms with Crippen LogP contribution >= 0.6 is 0 Å². The van der Waals surface area contributed by atoms with Crippen molar-refractivity contribution in [2.24, 2.45) is 0 Å². The van der Waals surface area contributed by atoms with Crippen molar-refractivity contribution in [3.8, 4) is 0 Å². The van der Waals surface area contributed by atoms with Gasteiger partial charge in [0.25, 0.3) is 0 Å². The third-order valence-electron chi connectivity index (χ3n) is 3.17. The molecule has 4 unspecified atom stereocenters. The van der Waals surface area contributed by atoms with Crippen LogP contribution in [-0.2, 0) is 4.74 Å². The van der Waals surface area contributed by atoms with Crippen molar-refractivity contribution in [2.75, 3.05) is 18.1 Å². The molecule has 106 valence electrons. The minimum Gasteiger partial charge on any atom is -0.395 e. The van der Waals surface area contributed by atoms with Crippen LogP contribution in [0.2, 0.25) is 0 Å². The van der Waals surface area contributed by atoms with Gasteiger partial charge in [-0.25, -0.2) is 13.6 Å². The first-order valence-electron chi connectivity index (χ1n) is 5.52. The zero-order chi connectivity index (χ0) is 14.4. The molecule has 0 amide bonds. The Hall–Kier alpha value is -1.74. The number of nitrogen functional groups attached to an aromatic ring is 2. The van der Waals surface area contributed by atoms with Crippen LogP contribution in [-0.4, -0.2) is 39.2 Å². The summed E-state index contributed by atoms with van der Waals surface area (Å²) < 4.78 is 33.8. The fraction of sp³-hybridized carbons (Fsp3) is 0.600. The van der Waals surface area contributed by atoms with Gasteiger partial charge in [0.1, 0.15) is 6.10 Å². The van der Waals surface area contributed by atoms with Gasteiger partial charge in [-0.05, 0) is 6.92 Å². The number of hydrogen-bond donors (Lipinski definition) is 3. The number of anilines is 2. The van der Waals surface area contributed by atoms with E-state index in [1.165, 1.54) is 0 Å². The van der Waals surface area contributed by atoms with E-state index in [2.05, 4.69) is 4.98 Å². The summed E-state index contributed by atoms with van der Waals surface area (Å²) in [4.78, 5) is 15.0. The highest BCUT2D eigenvalue weighted by atomic mass is 19.2. The van der Waals surface area contributed by atoms with E-state index < -0.39 is 36.5 Å². The molecule has 4 atom stereocenters. The summed E-state index contributed by atoms with van der Waals surface area (Å²) in [5.41, 5.74) is 7.42. The molecule has 1 aromatic rings. The third-order valence-corrected chi connectivity index (χ3v) is 3.17. The molecular formula is C10H14F2N4O3. The van der Waals surface area contributed by atoms with Crippen LogP contribution in [0.1, 0.15) is 13.2 Å². The Morgan fingerprint density at radius 3 is 2.79 bits per heavy atom. The van der Waals surface area contributed by atoms with E-state index in [0.717, 1.165) is 17.7 Å². The Labute approximate surface area is 106 Å². The Kier molecular flexibility index (Phi) is 3.19. The normalized spacial score (nSPS) is 34.6. The maximum Gasteiger partial charge on any atom is 0.351 e. The van der Waals surface area contributed by atoms with Gasteiger partial charge in [-0.1, -0.05) is 0 Å². The van der Waals surface area contributed by atoms with Gasteiger partial charge >= 0.3 is 5.69 Å². The first-order valence-corrected chi connectivity index (χ1v) is 5.52. The van der Waals surface area contributed by atoms with Gasteiger partial charge in [0.05, 0.1) is 12.3 Å². The smallest absolute Gasteiger partial charge is 0.351 e. The van der Waals surface area contributed by atoms with Gasteiger partial charge in [0.15, 0.2) is 23.9 Å². The molecule has 1 aromatic heterocycles. The molecule has 0 aromatic carbocycles. The predicted molar refractivity (Wildman–Crippen MR) is 62.7 cm³/mol. The maximum absolute atomic E-state index is 14.1. The Morgan fingerprint density at radius 1 is 1.63 bits per heavy atom. The van der Waals surface area contributed by atoms with Crippen molar-refractivity contribution in [2.45, 2.75) is 31.1 Å². The van der Waals surface area contributed by atoms with Gasteiger partial charge in [0, 0.05) is 6.20 Å². The highest BCUT2D eigenvalue weighted by molar-refractivity contribution is 5.55. The SMILES string of the molecule is CC1(F)C(CO)OC(n2cc(N)c(N)nc2=O)C1F. The first kappa shape index (κ1) is 13.7. The second kappa shape index (κ2) is 4.42. The van der Waals surface area contributed by atoms with Crippen molar-refractivity contribution in [1.82, 2.24) is 9.55 Å². The minimum atomic E-state index is -2.42. The van der Waals surface area contributed by atoms with E-state index in [-0.39, 0.29) is 11.5 Å². The molecule has 0 saturated carbocycles. The quantitative estimate of drug-likeness (QED) is 0.662. The van der Waals surface area contributed by atoms with Crippen LogP contribution in [0.3, 0.4) is 0 Å². The van der Waals surface area contributed by atoms with E-state index in [1.807, 2.05) is 0 Å². The lowest BCUT2D eigenvalue weighted by atomic mass is 9.98. The van der Waals surface area contributed by atoms with Crippen LogP contribution < -0.4 is 17.2 Å². The number of nitrogens with zero attached hydrogens (tertiary/aromatic N) is 2. The lowest BCUT2D eigenvalue weighted by Gasteiger charge is -2.20. The number of aromatic nitrogens is 2. The van der Waals surface area contributed by atoms with Gasteiger partial charge < -0.3 is 21.3 Å². The molecule has 2 heterocycles. The minimum absolute atomic E-state index is 0.0524. The van der Waals surface area contributed by atoms with Crippen LogP contribution in [0.15, 0.2) is 11.0 Å². The van der Waals surface area contributed by atoms with Crippen molar-refractivity contribution in [3.05, 3.63) is 16.7 Å². The van der Waals surface area contributed by atoms with Crippen LogP contribution in [0, 0.1) is 0 Å². The Morgan fingerprint density at radius 2 is 2.26 bits per heavy atom. The molecule has 0 aliphatic carbocycles. The topological polar surface area (TPSA) is 116 Å². The summed E-state index contributed by atoms with van der Waals surface area (Å²) >= 11 is 0. The lowest BCUT2D eigenvalue weighted by Crippen LogP contribution is -2.40. The average Bonchev–Trinajstić information content (AvgIpc) is 2.56. The monoisotopic (exact) mass is 276 g/mol. The largest absolute Gasteiger partial charge is 0.395 e. The van der Waals surface area contributed by atoms with Crippen molar-refractivity contribution < 1.29 is 18.6 Å². The molecule has 1 fully saturated rings. The van der Waals surface area contributed by atoms with Gasteiger partial charge in [-0.2, -0.15) is 4.98 Å². The number of halogens is 2. The zero-order valence-corrected chi connectivity index (χ0v) is 10.1. The van der Waals surface area contributed by atoms with Crippen molar-refractivity contribution in [3.63, 3.8) is 0 Å². The molecular weight excluding hydrogens is 262 g/mol. The summed E-state index contributed by atoms with van der Waals surface area (Å²) in [6, 6.07) is 0. The number of nitrogens with two attached hydrogens (primary N) is 2. The van der Waals surface area contributed by atoms with E-state index in [4.69, 9.17) is 21.3 Å². The molecule has 1 aliphatic rings. The van der Waals surface area contributed by atoms with Crippen molar-refractivity contribution in [1.29, 1.82) is 0 Å². The molecule has 7 nitrogen and oxygen atoms in total.